The van der Waals surface area contributed by atoms with Crippen LogP contribution in [0.15, 0.2) is 24.3 Å². The minimum atomic E-state index is -1.60. The summed E-state index contributed by atoms with van der Waals surface area (Å²) in [5.41, 5.74) is 1.34. The van der Waals surface area contributed by atoms with E-state index in [9.17, 15) is 9.59 Å². The second kappa shape index (κ2) is 7.62. The standard InChI is InChI=1S/C14H19NO5/c1-9(2)20-8-10-3-5-11(6-4-10)13(17)15-7-12(16)14(18)19/h3-6,9,12,16H,7-8H2,1-2H3,(H,15,17)(H,18,19). The molecule has 0 spiro atoms. The van der Waals surface area contributed by atoms with Gasteiger partial charge in [-0.25, -0.2) is 4.79 Å². The zero-order chi connectivity index (χ0) is 15.1. The molecule has 1 rings (SSSR count). The topological polar surface area (TPSA) is 95.9 Å². The minimum absolute atomic E-state index is 0.135. The Labute approximate surface area is 117 Å². The molecule has 0 aliphatic carbocycles. The molecule has 3 N–H and O–H groups in total. The van der Waals surface area contributed by atoms with E-state index in [2.05, 4.69) is 5.32 Å². The van der Waals surface area contributed by atoms with Gasteiger partial charge in [-0.2, -0.15) is 0 Å². The van der Waals surface area contributed by atoms with Gasteiger partial charge in [0.2, 0.25) is 0 Å². The highest BCUT2D eigenvalue weighted by molar-refractivity contribution is 5.94. The molecule has 0 radical (unpaired) electrons. The van der Waals surface area contributed by atoms with E-state index in [1.165, 1.54) is 0 Å². The first kappa shape index (κ1) is 16.1. The quantitative estimate of drug-likeness (QED) is 0.686. The molecular formula is C14H19NO5. The number of carbonyl (C=O) groups excluding carboxylic acids is 1. The van der Waals surface area contributed by atoms with Gasteiger partial charge in [-0.1, -0.05) is 12.1 Å². The van der Waals surface area contributed by atoms with E-state index in [0.717, 1.165) is 5.56 Å². The van der Waals surface area contributed by atoms with Gasteiger partial charge in [0, 0.05) is 5.56 Å². The van der Waals surface area contributed by atoms with Crippen molar-refractivity contribution in [2.75, 3.05) is 6.54 Å². The molecular weight excluding hydrogens is 262 g/mol. The molecule has 0 saturated carbocycles. The molecule has 110 valence electrons. The van der Waals surface area contributed by atoms with Gasteiger partial charge in [0.15, 0.2) is 6.10 Å². The second-order valence-electron chi connectivity index (χ2n) is 4.62. The van der Waals surface area contributed by atoms with Crippen molar-refractivity contribution in [2.24, 2.45) is 0 Å². The van der Waals surface area contributed by atoms with E-state index in [-0.39, 0.29) is 12.6 Å². The lowest BCUT2D eigenvalue weighted by molar-refractivity contribution is -0.146. The van der Waals surface area contributed by atoms with Crippen molar-refractivity contribution in [3.8, 4) is 0 Å². The fraction of sp³-hybridized carbons (Fsp3) is 0.429. The number of hydrogen-bond donors (Lipinski definition) is 3. The summed E-state index contributed by atoms with van der Waals surface area (Å²) < 4.78 is 5.43. The van der Waals surface area contributed by atoms with E-state index < -0.39 is 18.0 Å². The Kier molecular flexibility index (Phi) is 6.14. The summed E-state index contributed by atoms with van der Waals surface area (Å²) in [5, 5.41) is 19.9. The summed E-state index contributed by atoms with van der Waals surface area (Å²) in [6, 6.07) is 6.79. The van der Waals surface area contributed by atoms with Crippen LogP contribution in [0.5, 0.6) is 0 Å². The van der Waals surface area contributed by atoms with Crippen molar-refractivity contribution in [3.05, 3.63) is 35.4 Å². The highest BCUT2D eigenvalue weighted by Gasteiger charge is 2.14. The van der Waals surface area contributed by atoms with Crippen LogP contribution in [0, 0.1) is 0 Å². The summed E-state index contributed by atoms with van der Waals surface area (Å²) >= 11 is 0. The molecule has 1 aromatic rings. The molecule has 0 aliphatic heterocycles. The molecule has 0 aliphatic rings. The third kappa shape index (κ3) is 5.38. The van der Waals surface area contributed by atoms with Crippen molar-refractivity contribution in [1.82, 2.24) is 5.32 Å². The van der Waals surface area contributed by atoms with Crippen LogP contribution in [0.4, 0.5) is 0 Å². The zero-order valence-corrected chi connectivity index (χ0v) is 11.5. The molecule has 20 heavy (non-hydrogen) atoms. The van der Waals surface area contributed by atoms with Gasteiger partial charge in [0.1, 0.15) is 0 Å². The maximum Gasteiger partial charge on any atom is 0.334 e. The molecule has 1 atom stereocenters. The SMILES string of the molecule is CC(C)OCc1ccc(C(=O)NCC(O)C(=O)O)cc1. The Morgan fingerprint density at radius 2 is 1.85 bits per heavy atom. The normalized spacial score (nSPS) is 12.2. The Bertz CT molecular complexity index is 455. The number of benzene rings is 1. The van der Waals surface area contributed by atoms with Crippen LogP contribution in [0.1, 0.15) is 29.8 Å². The molecule has 0 bridgehead atoms. The number of aliphatic hydroxyl groups is 1. The number of rotatable bonds is 7. The average molecular weight is 281 g/mol. The van der Waals surface area contributed by atoms with Crippen molar-refractivity contribution >= 4 is 11.9 Å². The van der Waals surface area contributed by atoms with Gasteiger partial charge >= 0.3 is 5.97 Å². The van der Waals surface area contributed by atoms with Gasteiger partial charge in [0.05, 0.1) is 19.3 Å². The maximum atomic E-state index is 11.7. The third-order valence-electron chi connectivity index (χ3n) is 2.54. The predicted molar refractivity (Wildman–Crippen MR) is 72.3 cm³/mol. The Hall–Kier alpha value is -1.92. The molecule has 0 fully saturated rings. The Morgan fingerprint density at radius 1 is 1.25 bits per heavy atom. The van der Waals surface area contributed by atoms with Crippen LogP contribution in [-0.2, 0) is 16.1 Å². The second-order valence-corrected chi connectivity index (χ2v) is 4.62. The predicted octanol–water partition coefficient (Wildman–Crippen LogP) is 0.787. The van der Waals surface area contributed by atoms with Crippen LogP contribution in [0.3, 0.4) is 0 Å². The monoisotopic (exact) mass is 281 g/mol. The highest BCUT2D eigenvalue weighted by atomic mass is 16.5. The van der Waals surface area contributed by atoms with Gasteiger partial charge in [0.25, 0.3) is 5.91 Å². The summed E-state index contributed by atoms with van der Waals surface area (Å²) in [6.45, 7) is 4.02. The molecule has 6 nitrogen and oxygen atoms in total. The Balaban J connectivity index is 2.51. The maximum absolute atomic E-state index is 11.7. The molecule has 0 aromatic heterocycles. The number of carboxylic acid groups (broad SMARTS) is 1. The zero-order valence-electron chi connectivity index (χ0n) is 11.5. The fourth-order valence-electron chi connectivity index (χ4n) is 1.39. The van der Waals surface area contributed by atoms with Gasteiger partial charge in [-0.15, -0.1) is 0 Å². The summed E-state index contributed by atoms with van der Waals surface area (Å²) in [7, 11) is 0. The number of carbonyl (C=O) groups is 2. The fourth-order valence-corrected chi connectivity index (χ4v) is 1.39. The van der Waals surface area contributed by atoms with Gasteiger partial charge in [-0.05, 0) is 31.5 Å². The van der Waals surface area contributed by atoms with Crippen molar-refractivity contribution < 1.29 is 24.5 Å². The number of ether oxygens (including phenoxy) is 1. The number of nitrogens with one attached hydrogen (secondary N) is 1. The van der Waals surface area contributed by atoms with Crippen molar-refractivity contribution in [3.63, 3.8) is 0 Å². The van der Waals surface area contributed by atoms with Gasteiger partial charge < -0.3 is 20.3 Å². The van der Waals surface area contributed by atoms with E-state index in [4.69, 9.17) is 14.9 Å². The third-order valence-corrected chi connectivity index (χ3v) is 2.54. The van der Waals surface area contributed by atoms with E-state index in [1.54, 1.807) is 24.3 Å². The van der Waals surface area contributed by atoms with E-state index in [0.29, 0.717) is 12.2 Å². The summed E-state index contributed by atoms with van der Waals surface area (Å²) in [4.78, 5) is 22.1. The first-order valence-corrected chi connectivity index (χ1v) is 6.29. The van der Waals surface area contributed by atoms with Crippen LogP contribution in [0.2, 0.25) is 0 Å². The largest absolute Gasteiger partial charge is 0.479 e. The number of aliphatic carboxylic acids is 1. The van der Waals surface area contributed by atoms with E-state index >= 15 is 0 Å². The molecule has 1 amide bonds. The number of carboxylic acids is 1. The van der Waals surface area contributed by atoms with Gasteiger partial charge in [-0.3, -0.25) is 4.79 Å². The minimum Gasteiger partial charge on any atom is -0.479 e. The van der Waals surface area contributed by atoms with Crippen LogP contribution < -0.4 is 5.32 Å². The molecule has 0 saturated heterocycles. The summed E-state index contributed by atoms with van der Waals surface area (Å²) in [5.74, 6) is -1.80. The lowest BCUT2D eigenvalue weighted by atomic mass is 10.1. The first-order valence-electron chi connectivity index (χ1n) is 6.29. The molecule has 6 heteroatoms. The molecule has 0 heterocycles. The lowest BCUT2D eigenvalue weighted by Crippen LogP contribution is -2.36. The first-order chi connectivity index (χ1) is 9.40. The van der Waals surface area contributed by atoms with Crippen molar-refractivity contribution in [1.29, 1.82) is 0 Å². The smallest absolute Gasteiger partial charge is 0.334 e. The number of aliphatic hydroxyl groups excluding tert-OH is 1. The van der Waals surface area contributed by atoms with E-state index in [1.807, 2.05) is 13.8 Å². The summed E-state index contributed by atoms with van der Waals surface area (Å²) in [6.07, 6.45) is -1.46. The molecule has 1 unspecified atom stereocenters. The van der Waals surface area contributed by atoms with Crippen LogP contribution >= 0.6 is 0 Å². The van der Waals surface area contributed by atoms with Crippen molar-refractivity contribution in [2.45, 2.75) is 32.7 Å². The average Bonchev–Trinajstić information content (AvgIpc) is 2.42. The number of amides is 1. The van der Waals surface area contributed by atoms with Crippen LogP contribution in [-0.4, -0.2) is 40.8 Å². The highest BCUT2D eigenvalue weighted by Crippen LogP contribution is 2.07. The van der Waals surface area contributed by atoms with Crippen LogP contribution in [0.25, 0.3) is 0 Å². The molecule has 1 aromatic carbocycles. The number of hydrogen-bond acceptors (Lipinski definition) is 4. The Morgan fingerprint density at radius 3 is 2.35 bits per heavy atom. The lowest BCUT2D eigenvalue weighted by Gasteiger charge is -2.09.